The van der Waals surface area contributed by atoms with Gasteiger partial charge in [0.1, 0.15) is 24.0 Å². The summed E-state index contributed by atoms with van der Waals surface area (Å²) in [5.74, 6) is 9.68. The average molecular weight is 614 g/mol. The summed E-state index contributed by atoms with van der Waals surface area (Å²) >= 11 is 0. The number of fused-ring (bicyclic) bond motifs is 5. The Morgan fingerprint density at radius 3 is 2.37 bits per heavy atom. The smallest absolute Gasteiger partial charge is 0.415 e. The molecule has 2 aliphatic heterocycles. The number of anilines is 1. The van der Waals surface area contributed by atoms with Crippen LogP contribution in [0.25, 0.3) is 10.8 Å². The Hall–Kier alpha value is -5.15. The number of aliphatic hydroxyl groups is 1. The summed E-state index contributed by atoms with van der Waals surface area (Å²) in [5, 5.41) is 24.8. The number of aromatic hydroxyl groups is 1. The van der Waals surface area contributed by atoms with Gasteiger partial charge in [0.15, 0.2) is 23.3 Å². The van der Waals surface area contributed by atoms with Crippen LogP contribution in [0.3, 0.4) is 0 Å². The summed E-state index contributed by atoms with van der Waals surface area (Å²) < 4.78 is 12.1. The maximum absolute atomic E-state index is 14.7. The van der Waals surface area contributed by atoms with Crippen molar-refractivity contribution < 1.29 is 34.1 Å². The lowest BCUT2D eigenvalue weighted by molar-refractivity contribution is 0.0975. The minimum Gasteiger partial charge on any atom is -0.507 e. The highest BCUT2D eigenvalue weighted by atomic mass is 16.6. The van der Waals surface area contributed by atoms with Gasteiger partial charge < -0.3 is 19.7 Å². The molecule has 3 aromatic rings. The molecule has 1 fully saturated rings. The number of ketones is 2. The van der Waals surface area contributed by atoms with Gasteiger partial charge in [0.2, 0.25) is 0 Å². The van der Waals surface area contributed by atoms with Crippen molar-refractivity contribution in [2.45, 2.75) is 57.5 Å². The van der Waals surface area contributed by atoms with Gasteiger partial charge in [-0.3, -0.25) is 14.5 Å². The van der Waals surface area contributed by atoms with E-state index >= 15 is 0 Å². The normalized spacial score (nSPS) is 25.6. The van der Waals surface area contributed by atoms with Crippen LogP contribution < -0.4 is 4.90 Å². The zero-order valence-corrected chi connectivity index (χ0v) is 25.9. The summed E-state index contributed by atoms with van der Waals surface area (Å²) in [6, 6.07) is 7.59. The molecule has 230 valence electrons. The fraction of sp³-hybridized carbons (Fsp3) is 0.289. The number of benzene rings is 3. The van der Waals surface area contributed by atoms with Crippen LogP contribution in [0.1, 0.15) is 69.3 Å². The second-order valence-electron chi connectivity index (χ2n) is 12.3. The molecule has 3 aromatic carbocycles. The van der Waals surface area contributed by atoms with Crippen LogP contribution in [0.15, 0.2) is 55.1 Å². The molecule has 2 bridgehead atoms. The van der Waals surface area contributed by atoms with E-state index in [0.717, 1.165) is 28.3 Å². The number of ether oxygens (including phenoxy) is 2. The zero-order valence-electron chi connectivity index (χ0n) is 25.9. The Kier molecular flexibility index (Phi) is 6.54. The Morgan fingerprint density at radius 2 is 1.72 bits per heavy atom. The van der Waals surface area contributed by atoms with Crippen molar-refractivity contribution in [1.29, 1.82) is 0 Å². The molecule has 1 amide bonds. The van der Waals surface area contributed by atoms with E-state index in [4.69, 9.17) is 9.47 Å². The van der Waals surface area contributed by atoms with Crippen molar-refractivity contribution in [2.24, 2.45) is 5.92 Å². The highest BCUT2D eigenvalue weighted by molar-refractivity contribution is 6.33. The lowest BCUT2D eigenvalue weighted by Crippen LogP contribution is -2.59. The first kappa shape index (κ1) is 29.6. The number of hydrogen-bond donors (Lipinski definition) is 2. The molecule has 0 spiro atoms. The molecule has 0 unspecified atom stereocenters. The summed E-state index contributed by atoms with van der Waals surface area (Å²) in [7, 11) is 0. The quantitative estimate of drug-likeness (QED) is 0.183. The number of nitrogens with zero attached hydrogens (tertiary/aromatic N) is 1. The van der Waals surface area contributed by atoms with Crippen LogP contribution >= 0.6 is 0 Å². The summed E-state index contributed by atoms with van der Waals surface area (Å²) in [6.07, 6.45) is 2.89. The van der Waals surface area contributed by atoms with Crippen molar-refractivity contribution >= 4 is 34.1 Å². The molecule has 7 rings (SSSR count). The van der Waals surface area contributed by atoms with E-state index < -0.39 is 46.8 Å². The lowest BCUT2D eigenvalue weighted by atomic mass is 9.67. The summed E-state index contributed by atoms with van der Waals surface area (Å²) in [5.41, 5.74) is -0.717. The number of aryl methyl sites for hydroxylation is 2. The fourth-order valence-electron chi connectivity index (χ4n) is 7.55. The summed E-state index contributed by atoms with van der Waals surface area (Å²) in [6.45, 7) is 11.3. The Bertz CT molecular complexity index is 2100. The van der Waals surface area contributed by atoms with E-state index in [1.54, 1.807) is 12.1 Å². The van der Waals surface area contributed by atoms with Gasteiger partial charge in [-0.15, -0.1) is 0 Å². The van der Waals surface area contributed by atoms with Crippen LogP contribution in [-0.2, 0) is 21.5 Å². The van der Waals surface area contributed by atoms with Crippen LogP contribution in [0.4, 0.5) is 10.5 Å². The third-order valence-electron chi connectivity index (χ3n) is 9.66. The third-order valence-corrected chi connectivity index (χ3v) is 9.66. The van der Waals surface area contributed by atoms with E-state index in [2.05, 4.69) is 30.3 Å². The Balaban J connectivity index is 1.57. The number of phenolic OH excluding ortho intramolecular Hbond substituents is 1. The van der Waals surface area contributed by atoms with Crippen LogP contribution in [0, 0.1) is 36.5 Å². The van der Waals surface area contributed by atoms with Gasteiger partial charge in [0.25, 0.3) is 0 Å². The number of aliphatic hydroxyl groups excluding tert-OH is 1. The number of carbonyl (C=O) groups excluding carboxylic acids is 3. The Morgan fingerprint density at radius 1 is 1.07 bits per heavy atom. The third kappa shape index (κ3) is 3.69. The van der Waals surface area contributed by atoms with Crippen molar-refractivity contribution in [3.05, 3.63) is 94.1 Å². The van der Waals surface area contributed by atoms with Crippen molar-refractivity contribution in [2.75, 3.05) is 11.5 Å². The first-order chi connectivity index (χ1) is 22.0. The van der Waals surface area contributed by atoms with Crippen molar-refractivity contribution in [3.8, 4) is 29.4 Å². The highest BCUT2D eigenvalue weighted by Gasteiger charge is 2.83. The molecular formula is C38H31NO7. The molecule has 4 atom stereocenters. The number of rotatable bonds is 4. The highest BCUT2D eigenvalue weighted by Crippen LogP contribution is 2.70. The van der Waals surface area contributed by atoms with E-state index in [9.17, 15) is 24.6 Å². The Labute approximate surface area is 266 Å². The van der Waals surface area contributed by atoms with E-state index in [1.807, 2.05) is 39.8 Å². The molecule has 1 saturated heterocycles. The molecule has 0 aromatic heterocycles. The second kappa shape index (κ2) is 10.2. The fourth-order valence-corrected chi connectivity index (χ4v) is 7.55. The van der Waals surface area contributed by atoms with E-state index in [-0.39, 0.29) is 46.0 Å². The molecule has 2 N–H and O–H groups in total. The minimum absolute atomic E-state index is 0.0115. The predicted octanol–water partition coefficient (Wildman–Crippen LogP) is 5.26. The summed E-state index contributed by atoms with van der Waals surface area (Å²) in [4.78, 5) is 44.2. The van der Waals surface area contributed by atoms with Crippen molar-refractivity contribution in [3.63, 3.8) is 0 Å². The first-order valence-corrected chi connectivity index (χ1v) is 15.2. The molecule has 2 heterocycles. The minimum atomic E-state index is -1.59. The SMILES string of the molecule is C=CCOC(=O)N1c2c(cc(O)c3c2C(=O)c2cc4cc(CC)c(C)cc4cc2C3=O)[C@@]23O[C@@]2(C(C)C)[C@@H]1C#C/C=C\C#C[C@H]3O. The van der Waals surface area contributed by atoms with Gasteiger partial charge in [-0.25, -0.2) is 4.79 Å². The molecular weight excluding hydrogens is 582 g/mol. The molecule has 8 heteroatoms. The number of allylic oxidation sites excluding steroid dienone is 2. The number of hydrogen-bond acceptors (Lipinski definition) is 7. The van der Waals surface area contributed by atoms with Crippen molar-refractivity contribution in [1.82, 2.24) is 0 Å². The maximum Gasteiger partial charge on any atom is 0.415 e. The van der Waals surface area contributed by atoms with Crippen LogP contribution in [0.5, 0.6) is 5.75 Å². The standard InChI is InChI=1S/C38H31NO7/c1-6-14-45-36(44)39-29-12-10-8-9-11-13-30(41)38(37(29,46-38)20(3)4)27-19-28(40)31-32(33(27)39)35(43)26-18-24-16-22(7-2)21(5)15-23(24)17-25(26)34(31)42/h6,8-9,15-20,29-30,40-41H,1,7,14H2,2-5H3/b9-8-/t29-,30+,37-,38-/m0/s1. The zero-order chi connectivity index (χ0) is 32.7. The lowest BCUT2D eigenvalue weighted by Gasteiger charge is -2.43. The number of amides is 1. The molecule has 46 heavy (non-hydrogen) atoms. The predicted molar refractivity (Wildman–Crippen MR) is 172 cm³/mol. The number of carbonyl (C=O) groups is 3. The molecule has 8 nitrogen and oxygen atoms in total. The maximum atomic E-state index is 14.7. The van der Waals surface area contributed by atoms with Gasteiger partial charge in [-0.05, 0) is 71.5 Å². The van der Waals surface area contributed by atoms with Gasteiger partial charge in [0.05, 0.1) is 16.8 Å². The largest absolute Gasteiger partial charge is 0.507 e. The number of epoxide rings is 1. The van der Waals surface area contributed by atoms with Gasteiger partial charge >= 0.3 is 6.09 Å². The van der Waals surface area contributed by atoms with Gasteiger partial charge in [0, 0.05) is 16.7 Å². The van der Waals surface area contributed by atoms with Gasteiger partial charge in [-0.1, -0.05) is 69.2 Å². The van der Waals surface area contributed by atoms with E-state index in [1.165, 1.54) is 29.2 Å². The molecule has 2 aliphatic carbocycles. The first-order valence-electron chi connectivity index (χ1n) is 15.2. The molecule has 4 aliphatic rings. The van der Waals surface area contributed by atoms with Crippen LogP contribution in [0.2, 0.25) is 0 Å². The molecule has 0 saturated carbocycles. The monoisotopic (exact) mass is 613 g/mol. The van der Waals surface area contributed by atoms with Gasteiger partial charge in [-0.2, -0.15) is 0 Å². The second-order valence-corrected chi connectivity index (χ2v) is 12.3. The average Bonchev–Trinajstić information content (AvgIpc) is 3.76. The number of phenols is 1. The van der Waals surface area contributed by atoms with Crippen LogP contribution in [-0.4, -0.2) is 52.2 Å². The topological polar surface area (TPSA) is 117 Å². The van der Waals surface area contributed by atoms with E-state index in [0.29, 0.717) is 0 Å². The molecule has 0 radical (unpaired) electrons.